The number of rotatable bonds is 4. The fraction of sp³-hybridized carbons (Fsp3) is 0.385. The van der Waals surface area contributed by atoms with Crippen LogP contribution in [-0.4, -0.2) is 18.3 Å². The number of ether oxygens (including phenoxy) is 1. The minimum absolute atomic E-state index is 0.192. The number of aliphatic imine (C=N–C) groups is 1. The third-order valence-electron chi connectivity index (χ3n) is 2.72. The first kappa shape index (κ1) is 11.6. The molecular formula is C13H17N3O. The van der Waals surface area contributed by atoms with E-state index in [0.717, 1.165) is 12.0 Å². The summed E-state index contributed by atoms with van der Waals surface area (Å²) in [6.45, 7) is 4.96. The monoisotopic (exact) mass is 231 g/mol. The van der Waals surface area contributed by atoms with E-state index in [1.165, 1.54) is 0 Å². The van der Waals surface area contributed by atoms with Gasteiger partial charge >= 0.3 is 0 Å². The van der Waals surface area contributed by atoms with Crippen LogP contribution in [0.5, 0.6) is 5.75 Å². The molecule has 1 heterocycles. The minimum atomic E-state index is 0.192. The van der Waals surface area contributed by atoms with Gasteiger partial charge in [0.15, 0.2) is 5.84 Å². The van der Waals surface area contributed by atoms with Crippen LogP contribution in [0, 0.1) is 11.3 Å². The topological polar surface area (TPSA) is 71.5 Å². The molecule has 1 aromatic rings. The molecule has 0 saturated carbocycles. The lowest BCUT2D eigenvalue weighted by Gasteiger charge is -2.11. The van der Waals surface area contributed by atoms with Gasteiger partial charge in [0.1, 0.15) is 11.6 Å². The Balaban J connectivity index is 2.18. The Morgan fingerprint density at radius 3 is 2.88 bits per heavy atom. The molecule has 2 rings (SSSR count). The number of hydrogen-bond donors (Lipinski definition) is 2. The molecule has 90 valence electrons. The Bertz CT molecular complexity index is 478. The van der Waals surface area contributed by atoms with Crippen molar-refractivity contribution in [1.29, 1.82) is 5.41 Å². The zero-order valence-electron chi connectivity index (χ0n) is 10.2. The number of hydrogen-bond acceptors (Lipinski definition) is 3. The molecule has 0 aromatic heterocycles. The van der Waals surface area contributed by atoms with E-state index in [-0.39, 0.29) is 5.84 Å². The number of benzene rings is 1. The van der Waals surface area contributed by atoms with Gasteiger partial charge in [-0.2, -0.15) is 0 Å². The SMILES string of the molecule is CC(C)CCOc1cccc2c1C(=N)N=C2N. The molecule has 0 unspecified atom stereocenters. The average molecular weight is 231 g/mol. The zero-order valence-corrected chi connectivity index (χ0v) is 10.2. The normalized spacial score (nSPS) is 13.8. The van der Waals surface area contributed by atoms with Gasteiger partial charge in [-0.3, -0.25) is 5.41 Å². The summed E-state index contributed by atoms with van der Waals surface area (Å²) in [7, 11) is 0. The fourth-order valence-electron chi connectivity index (χ4n) is 1.75. The molecule has 4 nitrogen and oxygen atoms in total. The largest absolute Gasteiger partial charge is 0.493 e. The summed E-state index contributed by atoms with van der Waals surface area (Å²) < 4.78 is 5.71. The lowest BCUT2D eigenvalue weighted by molar-refractivity contribution is 0.289. The molecule has 1 aliphatic rings. The maximum atomic E-state index is 7.77. The van der Waals surface area contributed by atoms with E-state index in [0.29, 0.717) is 29.7 Å². The van der Waals surface area contributed by atoms with E-state index in [2.05, 4.69) is 18.8 Å². The van der Waals surface area contributed by atoms with E-state index in [1.807, 2.05) is 18.2 Å². The molecule has 0 amide bonds. The average Bonchev–Trinajstić information content (AvgIpc) is 2.55. The van der Waals surface area contributed by atoms with Gasteiger partial charge in [-0.1, -0.05) is 26.0 Å². The molecule has 0 saturated heterocycles. The van der Waals surface area contributed by atoms with Crippen molar-refractivity contribution in [2.24, 2.45) is 16.6 Å². The van der Waals surface area contributed by atoms with E-state index < -0.39 is 0 Å². The van der Waals surface area contributed by atoms with Crippen molar-refractivity contribution in [3.8, 4) is 5.75 Å². The molecule has 4 heteroatoms. The van der Waals surface area contributed by atoms with Crippen molar-refractivity contribution >= 4 is 11.7 Å². The predicted octanol–water partition coefficient (Wildman–Crippen LogP) is 2.16. The van der Waals surface area contributed by atoms with Crippen LogP contribution in [0.25, 0.3) is 0 Å². The second kappa shape index (κ2) is 4.57. The summed E-state index contributed by atoms with van der Waals surface area (Å²) >= 11 is 0. The van der Waals surface area contributed by atoms with E-state index in [4.69, 9.17) is 15.9 Å². The first-order valence-corrected chi connectivity index (χ1v) is 5.79. The van der Waals surface area contributed by atoms with Crippen LogP contribution in [0.15, 0.2) is 23.2 Å². The van der Waals surface area contributed by atoms with Crippen LogP contribution in [0.4, 0.5) is 0 Å². The molecule has 0 atom stereocenters. The number of nitrogens with two attached hydrogens (primary N) is 1. The molecule has 0 fully saturated rings. The number of nitrogens with zero attached hydrogens (tertiary/aromatic N) is 1. The highest BCUT2D eigenvalue weighted by Crippen LogP contribution is 2.27. The lowest BCUT2D eigenvalue weighted by Crippen LogP contribution is -2.11. The maximum Gasteiger partial charge on any atom is 0.158 e. The highest BCUT2D eigenvalue weighted by atomic mass is 16.5. The van der Waals surface area contributed by atoms with Crippen LogP contribution in [0.3, 0.4) is 0 Å². The second-order valence-electron chi connectivity index (χ2n) is 4.56. The van der Waals surface area contributed by atoms with Crippen molar-refractivity contribution in [1.82, 2.24) is 0 Å². The number of nitrogens with one attached hydrogen (secondary N) is 1. The third kappa shape index (κ3) is 2.30. The number of amidine groups is 2. The van der Waals surface area contributed by atoms with Gasteiger partial charge in [0, 0.05) is 5.56 Å². The van der Waals surface area contributed by atoms with Gasteiger partial charge in [0.25, 0.3) is 0 Å². The van der Waals surface area contributed by atoms with Crippen LogP contribution < -0.4 is 10.5 Å². The van der Waals surface area contributed by atoms with Crippen molar-refractivity contribution in [3.05, 3.63) is 29.3 Å². The zero-order chi connectivity index (χ0) is 12.4. The van der Waals surface area contributed by atoms with Crippen molar-refractivity contribution in [2.45, 2.75) is 20.3 Å². The summed E-state index contributed by atoms with van der Waals surface area (Å²) in [4.78, 5) is 3.96. The first-order chi connectivity index (χ1) is 8.09. The third-order valence-corrected chi connectivity index (χ3v) is 2.72. The smallest absolute Gasteiger partial charge is 0.158 e. The van der Waals surface area contributed by atoms with Gasteiger partial charge in [-0.25, -0.2) is 4.99 Å². The van der Waals surface area contributed by atoms with Crippen LogP contribution in [-0.2, 0) is 0 Å². The van der Waals surface area contributed by atoms with E-state index >= 15 is 0 Å². The fourth-order valence-corrected chi connectivity index (χ4v) is 1.75. The lowest BCUT2D eigenvalue weighted by atomic mass is 10.1. The highest BCUT2D eigenvalue weighted by molar-refractivity contribution is 6.22. The molecule has 1 aromatic carbocycles. The molecular weight excluding hydrogens is 214 g/mol. The molecule has 3 N–H and O–H groups in total. The standard InChI is InChI=1S/C13H17N3O/c1-8(2)6-7-17-10-5-3-4-9-11(10)13(15)16-12(9)14/h3-5,8H,6-7H2,1-2H3,(H3,14,15,16). The van der Waals surface area contributed by atoms with Crippen LogP contribution in [0.2, 0.25) is 0 Å². The summed E-state index contributed by atoms with van der Waals surface area (Å²) in [5, 5.41) is 7.77. The quantitative estimate of drug-likeness (QED) is 0.833. The van der Waals surface area contributed by atoms with Gasteiger partial charge < -0.3 is 10.5 Å². The molecule has 0 aliphatic carbocycles. The first-order valence-electron chi connectivity index (χ1n) is 5.79. The van der Waals surface area contributed by atoms with Gasteiger partial charge in [0.05, 0.1) is 12.2 Å². The molecule has 0 bridgehead atoms. The highest BCUT2D eigenvalue weighted by Gasteiger charge is 2.22. The van der Waals surface area contributed by atoms with Gasteiger partial charge in [0.2, 0.25) is 0 Å². The molecule has 1 aliphatic heterocycles. The van der Waals surface area contributed by atoms with Crippen molar-refractivity contribution in [2.75, 3.05) is 6.61 Å². The Kier molecular flexibility index (Phi) is 3.13. The summed E-state index contributed by atoms with van der Waals surface area (Å²) in [5.41, 5.74) is 7.26. The molecule has 0 radical (unpaired) electrons. The van der Waals surface area contributed by atoms with Crippen molar-refractivity contribution < 1.29 is 4.74 Å². The summed E-state index contributed by atoms with van der Waals surface area (Å²) in [6, 6.07) is 5.61. The minimum Gasteiger partial charge on any atom is -0.493 e. The van der Waals surface area contributed by atoms with Gasteiger partial charge in [-0.05, 0) is 18.4 Å². The van der Waals surface area contributed by atoms with Crippen LogP contribution >= 0.6 is 0 Å². The Hall–Kier alpha value is -1.84. The summed E-state index contributed by atoms with van der Waals surface area (Å²) in [5.74, 6) is 1.90. The van der Waals surface area contributed by atoms with E-state index in [1.54, 1.807) is 0 Å². The predicted molar refractivity (Wildman–Crippen MR) is 68.9 cm³/mol. The van der Waals surface area contributed by atoms with E-state index in [9.17, 15) is 0 Å². The molecule has 17 heavy (non-hydrogen) atoms. The van der Waals surface area contributed by atoms with Crippen LogP contribution in [0.1, 0.15) is 31.4 Å². The molecule has 0 spiro atoms. The Morgan fingerprint density at radius 1 is 1.41 bits per heavy atom. The van der Waals surface area contributed by atoms with Gasteiger partial charge in [-0.15, -0.1) is 0 Å². The Morgan fingerprint density at radius 2 is 2.18 bits per heavy atom. The number of fused-ring (bicyclic) bond motifs is 1. The second-order valence-corrected chi connectivity index (χ2v) is 4.56. The summed E-state index contributed by atoms with van der Waals surface area (Å²) in [6.07, 6.45) is 0.993. The Labute approximate surface area is 101 Å². The maximum absolute atomic E-state index is 7.77. The van der Waals surface area contributed by atoms with Crippen molar-refractivity contribution in [3.63, 3.8) is 0 Å².